The van der Waals surface area contributed by atoms with Crippen LogP contribution in [0.2, 0.25) is 0 Å². The summed E-state index contributed by atoms with van der Waals surface area (Å²) in [5, 5.41) is 14.2. The smallest absolute Gasteiger partial charge is 0.269 e. The normalized spacial score (nSPS) is 11.7. The maximum absolute atomic E-state index is 11.5. The zero-order valence-electron chi connectivity index (χ0n) is 12.6. The topological polar surface area (TPSA) is 72.2 Å². The fraction of sp³-hybridized carbons (Fsp3) is 0.235. The molecule has 0 saturated heterocycles. The monoisotopic (exact) mass is 298 g/mol. The highest BCUT2D eigenvalue weighted by molar-refractivity contribution is 5.77. The first-order valence-corrected chi connectivity index (χ1v) is 7.02. The minimum absolute atomic E-state index is 0.0242. The molecule has 0 aliphatic rings. The molecule has 1 atom stereocenters. The molecule has 5 nitrogen and oxygen atoms in total. The number of carbonyl (C=O) groups excluding carboxylic acids is 1. The first kappa shape index (κ1) is 15.7. The number of benzene rings is 2. The van der Waals surface area contributed by atoms with Crippen LogP contribution in [-0.2, 0) is 4.79 Å². The van der Waals surface area contributed by atoms with E-state index in [-0.39, 0.29) is 23.9 Å². The number of rotatable bonds is 6. The minimum Gasteiger partial charge on any atom is -0.378 e. The van der Waals surface area contributed by atoms with E-state index in [0.29, 0.717) is 0 Å². The lowest BCUT2D eigenvalue weighted by Crippen LogP contribution is -2.14. The molecule has 0 heterocycles. The molecule has 0 radical (unpaired) electrons. The zero-order chi connectivity index (χ0) is 16.1. The van der Waals surface area contributed by atoms with E-state index in [9.17, 15) is 14.9 Å². The van der Waals surface area contributed by atoms with Crippen molar-refractivity contribution in [1.82, 2.24) is 0 Å². The van der Waals surface area contributed by atoms with Gasteiger partial charge in [-0.3, -0.25) is 14.9 Å². The van der Waals surface area contributed by atoms with Crippen LogP contribution < -0.4 is 5.32 Å². The van der Waals surface area contributed by atoms with Crippen molar-refractivity contribution in [3.05, 3.63) is 69.8 Å². The molecule has 0 aliphatic heterocycles. The molecule has 0 saturated carbocycles. The number of carbonyl (C=O) groups is 1. The van der Waals surface area contributed by atoms with Gasteiger partial charge in [-0.2, -0.15) is 0 Å². The summed E-state index contributed by atoms with van der Waals surface area (Å²) in [5.74, 6) is 0.0242. The second-order valence-electron chi connectivity index (χ2n) is 5.32. The summed E-state index contributed by atoms with van der Waals surface area (Å²) in [5.41, 5.74) is 2.77. The molecule has 1 N–H and O–H groups in total. The summed E-state index contributed by atoms with van der Waals surface area (Å²) in [4.78, 5) is 22.0. The van der Waals surface area contributed by atoms with Crippen LogP contribution in [0.3, 0.4) is 0 Å². The van der Waals surface area contributed by atoms with Crippen LogP contribution >= 0.6 is 0 Å². The number of non-ortho nitro benzene ring substituents is 1. The van der Waals surface area contributed by atoms with Crippen LogP contribution in [0.4, 0.5) is 11.4 Å². The number of nitrogens with zero attached hydrogens (tertiary/aromatic N) is 1. The number of ketones is 1. The molecule has 2 rings (SSSR count). The van der Waals surface area contributed by atoms with Gasteiger partial charge in [0.25, 0.3) is 5.69 Å². The van der Waals surface area contributed by atoms with Gasteiger partial charge in [0, 0.05) is 24.2 Å². The Morgan fingerprint density at radius 2 is 1.91 bits per heavy atom. The number of hydrogen-bond donors (Lipinski definition) is 1. The summed E-state index contributed by atoms with van der Waals surface area (Å²) in [6.45, 7) is 3.51. The fourth-order valence-electron chi connectivity index (χ4n) is 2.25. The lowest BCUT2D eigenvalue weighted by molar-refractivity contribution is -0.384. The molecule has 0 spiro atoms. The van der Waals surface area contributed by atoms with Gasteiger partial charge in [0.05, 0.1) is 11.0 Å². The predicted octanol–water partition coefficient (Wildman–Crippen LogP) is 4.04. The first-order valence-electron chi connectivity index (χ1n) is 7.02. The number of nitro groups is 1. The lowest BCUT2D eigenvalue weighted by Gasteiger charge is -2.19. The maximum Gasteiger partial charge on any atom is 0.269 e. The van der Waals surface area contributed by atoms with Gasteiger partial charge < -0.3 is 5.32 Å². The van der Waals surface area contributed by atoms with E-state index >= 15 is 0 Å². The van der Waals surface area contributed by atoms with Crippen molar-refractivity contribution in [2.75, 3.05) is 5.32 Å². The van der Waals surface area contributed by atoms with Crippen LogP contribution in [-0.4, -0.2) is 10.7 Å². The minimum atomic E-state index is -0.430. The van der Waals surface area contributed by atoms with Crippen LogP contribution in [0.1, 0.15) is 30.5 Å². The van der Waals surface area contributed by atoms with E-state index in [4.69, 9.17) is 0 Å². The Labute approximate surface area is 129 Å². The number of anilines is 1. The van der Waals surface area contributed by atoms with E-state index in [0.717, 1.165) is 16.8 Å². The van der Waals surface area contributed by atoms with E-state index in [1.807, 2.05) is 31.2 Å². The third-order valence-electron chi connectivity index (χ3n) is 3.37. The van der Waals surface area contributed by atoms with Crippen molar-refractivity contribution in [1.29, 1.82) is 0 Å². The quantitative estimate of drug-likeness (QED) is 0.645. The van der Waals surface area contributed by atoms with E-state index < -0.39 is 4.92 Å². The molecule has 5 heteroatoms. The van der Waals surface area contributed by atoms with Crippen molar-refractivity contribution in [3.63, 3.8) is 0 Å². The Kier molecular flexibility index (Phi) is 4.88. The molecule has 2 aromatic rings. The number of nitro benzene ring substituents is 1. The third-order valence-corrected chi connectivity index (χ3v) is 3.37. The van der Waals surface area contributed by atoms with Crippen LogP contribution in [0.15, 0.2) is 48.5 Å². The molecular weight excluding hydrogens is 280 g/mol. The van der Waals surface area contributed by atoms with Gasteiger partial charge in [-0.15, -0.1) is 0 Å². The molecule has 1 unspecified atom stereocenters. The Morgan fingerprint density at radius 1 is 1.23 bits per heavy atom. The SMILES string of the molecule is CC(=O)CC(Nc1ccc(C)cc1)c1cccc([N+](=O)[O-])c1. The molecule has 2 aromatic carbocycles. The summed E-state index contributed by atoms with van der Waals surface area (Å²) < 4.78 is 0. The van der Waals surface area contributed by atoms with Crippen LogP contribution in [0.5, 0.6) is 0 Å². The van der Waals surface area contributed by atoms with Crippen molar-refractivity contribution < 1.29 is 9.72 Å². The molecule has 0 fully saturated rings. The summed E-state index contributed by atoms with van der Waals surface area (Å²) in [6.07, 6.45) is 0.273. The second-order valence-corrected chi connectivity index (χ2v) is 5.32. The maximum atomic E-state index is 11.5. The van der Waals surface area contributed by atoms with E-state index in [1.54, 1.807) is 12.1 Å². The highest BCUT2D eigenvalue weighted by atomic mass is 16.6. The fourth-order valence-corrected chi connectivity index (χ4v) is 2.25. The lowest BCUT2D eigenvalue weighted by atomic mass is 10.0. The van der Waals surface area contributed by atoms with Gasteiger partial charge in [0.2, 0.25) is 0 Å². The summed E-state index contributed by atoms with van der Waals surface area (Å²) >= 11 is 0. The van der Waals surface area contributed by atoms with Gasteiger partial charge in [0.15, 0.2) is 0 Å². The number of Topliss-reactive ketones (excluding diaryl/α,β-unsaturated/α-hetero) is 1. The van der Waals surface area contributed by atoms with Gasteiger partial charge in [-0.25, -0.2) is 0 Å². The molecule has 114 valence electrons. The first-order chi connectivity index (χ1) is 10.5. The number of nitrogens with one attached hydrogen (secondary N) is 1. The Hall–Kier alpha value is -2.69. The number of hydrogen-bond acceptors (Lipinski definition) is 4. The van der Waals surface area contributed by atoms with Crippen molar-refractivity contribution in [2.45, 2.75) is 26.3 Å². The van der Waals surface area contributed by atoms with Crippen molar-refractivity contribution >= 4 is 17.2 Å². The number of aryl methyl sites for hydroxylation is 1. The van der Waals surface area contributed by atoms with Crippen LogP contribution in [0, 0.1) is 17.0 Å². The Bertz CT molecular complexity index is 681. The Morgan fingerprint density at radius 3 is 2.50 bits per heavy atom. The van der Waals surface area contributed by atoms with E-state index in [2.05, 4.69) is 5.32 Å². The molecular formula is C17H18N2O3. The molecule has 0 aromatic heterocycles. The highest BCUT2D eigenvalue weighted by Crippen LogP contribution is 2.26. The largest absolute Gasteiger partial charge is 0.378 e. The van der Waals surface area contributed by atoms with E-state index in [1.165, 1.54) is 19.1 Å². The van der Waals surface area contributed by atoms with Gasteiger partial charge >= 0.3 is 0 Å². The van der Waals surface area contributed by atoms with Gasteiger partial charge in [-0.05, 0) is 31.5 Å². The molecule has 0 amide bonds. The highest BCUT2D eigenvalue weighted by Gasteiger charge is 2.16. The average Bonchev–Trinajstić information content (AvgIpc) is 2.48. The molecule has 0 bridgehead atoms. The zero-order valence-corrected chi connectivity index (χ0v) is 12.6. The van der Waals surface area contributed by atoms with Crippen LogP contribution in [0.25, 0.3) is 0 Å². The standard InChI is InChI=1S/C17H18N2O3/c1-12-6-8-15(9-7-12)18-17(10-13(2)20)14-4-3-5-16(11-14)19(21)22/h3-9,11,17-18H,10H2,1-2H3. The van der Waals surface area contributed by atoms with Gasteiger partial charge in [-0.1, -0.05) is 29.8 Å². The summed E-state index contributed by atoms with van der Waals surface area (Å²) in [7, 11) is 0. The molecule has 22 heavy (non-hydrogen) atoms. The Balaban J connectivity index is 2.29. The average molecular weight is 298 g/mol. The van der Waals surface area contributed by atoms with Crippen molar-refractivity contribution in [3.8, 4) is 0 Å². The van der Waals surface area contributed by atoms with Gasteiger partial charge in [0.1, 0.15) is 5.78 Å². The summed E-state index contributed by atoms with van der Waals surface area (Å²) in [6, 6.07) is 13.9. The van der Waals surface area contributed by atoms with Crippen molar-refractivity contribution in [2.24, 2.45) is 0 Å². The predicted molar refractivity (Wildman–Crippen MR) is 85.9 cm³/mol. The third kappa shape index (κ3) is 4.15. The second kappa shape index (κ2) is 6.85. The molecule has 0 aliphatic carbocycles.